The van der Waals surface area contributed by atoms with Crippen LogP contribution < -0.4 is 0 Å². The topological polar surface area (TPSA) is 175 Å². The van der Waals surface area contributed by atoms with Gasteiger partial charge in [-0.15, -0.1) is 0 Å². The summed E-state index contributed by atoms with van der Waals surface area (Å²) in [6.07, 6.45) is 52.2. The van der Waals surface area contributed by atoms with Crippen molar-refractivity contribution >= 4 is 23.9 Å². The van der Waals surface area contributed by atoms with Gasteiger partial charge < -0.3 is 39.0 Å². The van der Waals surface area contributed by atoms with Crippen molar-refractivity contribution in [1.82, 2.24) is 0 Å². The van der Waals surface area contributed by atoms with E-state index in [1.807, 2.05) is 0 Å². The summed E-state index contributed by atoms with van der Waals surface area (Å²) in [6, 6.07) is 0. The van der Waals surface area contributed by atoms with Gasteiger partial charge in [0.1, 0.15) is 18.8 Å². The second kappa shape index (κ2) is 53.3. The molecule has 0 aliphatic carbocycles. The van der Waals surface area contributed by atoms with E-state index >= 15 is 0 Å². The maximum Gasteiger partial charge on any atom is 0.335 e. The fraction of sp³-hybridized carbons (Fsp3) is 0.815. The van der Waals surface area contributed by atoms with Crippen molar-refractivity contribution in [2.75, 3.05) is 13.2 Å². The molecule has 0 aromatic heterocycles. The van der Waals surface area contributed by atoms with E-state index in [9.17, 15) is 34.5 Å². The lowest BCUT2D eigenvalue weighted by atomic mass is 9.98. The molecule has 3 N–H and O–H groups in total. The first-order valence-corrected chi connectivity index (χ1v) is 31.6. The van der Waals surface area contributed by atoms with Crippen LogP contribution in [0, 0.1) is 0 Å². The van der Waals surface area contributed by atoms with Crippen molar-refractivity contribution in [2.24, 2.45) is 0 Å². The molecule has 6 atom stereocenters. The SMILES string of the molecule is CC/C=C\C/C=C\C/C=C\CCCCCC(=O)OC(COC(=O)CCCCCCCCCCCCCCCCC)COC1OC(C(=O)O)C(O)C(O)C1OC(=O)CCCCCCCCCCC/C=C\CCCCCCCC. The van der Waals surface area contributed by atoms with Gasteiger partial charge in [0.25, 0.3) is 0 Å². The van der Waals surface area contributed by atoms with Crippen LogP contribution in [-0.2, 0) is 42.9 Å². The Bertz CT molecular complexity index is 1520. The third-order valence-corrected chi connectivity index (χ3v) is 14.4. The number of allylic oxidation sites excluding steroid dienone is 8. The van der Waals surface area contributed by atoms with Crippen LogP contribution in [0.3, 0.4) is 0 Å². The van der Waals surface area contributed by atoms with Crippen LogP contribution in [-0.4, -0.2) is 89.2 Å². The second-order valence-electron chi connectivity index (χ2n) is 21.7. The zero-order chi connectivity index (χ0) is 56.1. The van der Waals surface area contributed by atoms with E-state index in [4.69, 9.17) is 23.7 Å². The minimum atomic E-state index is -1.91. The van der Waals surface area contributed by atoms with Crippen molar-refractivity contribution in [2.45, 2.75) is 327 Å². The average molecular weight is 1090 g/mol. The van der Waals surface area contributed by atoms with Gasteiger partial charge in [-0.2, -0.15) is 0 Å². The normalized spacial score (nSPS) is 18.3. The summed E-state index contributed by atoms with van der Waals surface area (Å²) in [7, 11) is 0. The van der Waals surface area contributed by atoms with Gasteiger partial charge in [0.2, 0.25) is 0 Å². The van der Waals surface area contributed by atoms with Crippen molar-refractivity contribution in [3.05, 3.63) is 48.6 Å². The molecule has 6 unspecified atom stereocenters. The number of aliphatic hydroxyl groups is 2. The van der Waals surface area contributed by atoms with Crippen molar-refractivity contribution in [3.63, 3.8) is 0 Å². The van der Waals surface area contributed by atoms with E-state index < -0.39 is 67.3 Å². The molecule has 0 aromatic rings. The molecule has 446 valence electrons. The highest BCUT2D eigenvalue weighted by molar-refractivity contribution is 5.74. The number of carbonyl (C=O) groups is 4. The summed E-state index contributed by atoms with van der Waals surface area (Å²) >= 11 is 0. The zero-order valence-electron chi connectivity index (χ0n) is 49.2. The van der Waals surface area contributed by atoms with E-state index in [2.05, 4.69) is 69.4 Å². The molecule has 0 spiro atoms. The molecule has 0 bridgehead atoms. The standard InChI is InChI=1S/C65H114O12/c1-4-7-10-13-16-19-22-25-27-28-29-30-32-35-38-41-44-47-50-53-59(68)76-63-61(70)60(69)62(64(71)72)77-65(63)74-55-56(75-58(67)52-49-46-43-40-37-33-24-21-18-15-12-9-6-3)54-73-57(66)51-48-45-42-39-36-34-31-26-23-20-17-14-11-8-5-2/h9,12,18,21,25,27,33,37,56,60-63,65,69-70H,4-8,10-11,13-17,19-20,22-24,26,28-32,34-36,38-55H2,1-3H3,(H,71,72)/b12-9-,21-18-,27-25-,37-33-. The predicted molar refractivity (Wildman–Crippen MR) is 312 cm³/mol. The van der Waals surface area contributed by atoms with Gasteiger partial charge in [-0.1, -0.05) is 243 Å². The van der Waals surface area contributed by atoms with Gasteiger partial charge in [-0.25, -0.2) is 4.79 Å². The number of aliphatic hydroxyl groups excluding tert-OH is 2. The Hall–Kier alpha value is -3.32. The number of rotatable bonds is 54. The molecule has 1 aliphatic heterocycles. The summed E-state index contributed by atoms with van der Waals surface area (Å²) in [5, 5.41) is 31.5. The number of hydrogen-bond donors (Lipinski definition) is 3. The van der Waals surface area contributed by atoms with Crippen LogP contribution in [0.1, 0.15) is 290 Å². The van der Waals surface area contributed by atoms with Crippen LogP contribution in [0.5, 0.6) is 0 Å². The summed E-state index contributed by atoms with van der Waals surface area (Å²) in [5.41, 5.74) is 0. The van der Waals surface area contributed by atoms with Crippen LogP contribution in [0.2, 0.25) is 0 Å². The monoisotopic (exact) mass is 1090 g/mol. The molecule has 1 fully saturated rings. The Morgan fingerprint density at radius 2 is 0.818 bits per heavy atom. The van der Waals surface area contributed by atoms with Gasteiger partial charge in [0.15, 0.2) is 24.6 Å². The molecule has 0 amide bonds. The third kappa shape index (κ3) is 43.2. The average Bonchev–Trinajstić information content (AvgIpc) is 3.42. The number of carboxylic acids is 1. The molecule has 0 aromatic carbocycles. The molecule has 12 heteroatoms. The van der Waals surface area contributed by atoms with Crippen LogP contribution in [0.4, 0.5) is 0 Å². The highest BCUT2D eigenvalue weighted by Crippen LogP contribution is 2.27. The van der Waals surface area contributed by atoms with Crippen LogP contribution in [0.25, 0.3) is 0 Å². The van der Waals surface area contributed by atoms with Gasteiger partial charge in [-0.3, -0.25) is 14.4 Å². The summed E-state index contributed by atoms with van der Waals surface area (Å²) in [5.74, 6) is -3.14. The molecular weight excluding hydrogens is 973 g/mol. The van der Waals surface area contributed by atoms with Crippen LogP contribution in [0.15, 0.2) is 48.6 Å². The van der Waals surface area contributed by atoms with Gasteiger partial charge >= 0.3 is 23.9 Å². The first-order chi connectivity index (χ1) is 37.6. The second-order valence-corrected chi connectivity index (χ2v) is 21.7. The molecule has 1 rings (SSSR count). The first-order valence-electron chi connectivity index (χ1n) is 31.6. The molecule has 1 saturated heterocycles. The largest absolute Gasteiger partial charge is 0.479 e. The van der Waals surface area contributed by atoms with E-state index in [1.54, 1.807) is 0 Å². The lowest BCUT2D eigenvalue weighted by Gasteiger charge is -2.40. The number of hydrogen-bond acceptors (Lipinski definition) is 11. The fourth-order valence-electron chi connectivity index (χ4n) is 9.56. The van der Waals surface area contributed by atoms with E-state index in [0.29, 0.717) is 19.3 Å². The zero-order valence-corrected chi connectivity index (χ0v) is 49.2. The molecule has 77 heavy (non-hydrogen) atoms. The Morgan fingerprint density at radius 3 is 1.27 bits per heavy atom. The third-order valence-electron chi connectivity index (χ3n) is 14.4. The highest BCUT2D eigenvalue weighted by Gasteiger charge is 2.50. The number of aliphatic carboxylic acids is 1. The Kier molecular flexibility index (Phi) is 49.7. The van der Waals surface area contributed by atoms with Gasteiger partial charge in [-0.05, 0) is 77.0 Å². The van der Waals surface area contributed by atoms with Crippen molar-refractivity contribution < 1.29 is 58.2 Å². The number of ether oxygens (including phenoxy) is 5. The Labute approximate surface area is 469 Å². The molecule has 1 heterocycles. The maximum atomic E-state index is 13.1. The first kappa shape index (κ1) is 71.7. The molecule has 0 saturated carbocycles. The summed E-state index contributed by atoms with van der Waals surface area (Å²) in [6.45, 7) is 5.88. The quantitative estimate of drug-likeness (QED) is 0.0228. The summed E-state index contributed by atoms with van der Waals surface area (Å²) < 4.78 is 28.5. The molecular formula is C65H114O12. The molecule has 1 aliphatic rings. The lowest BCUT2D eigenvalue weighted by molar-refractivity contribution is -0.301. The number of esters is 3. The smallest absolute Gasteiger partial charge is 0.335 e. The minimum absolute atomic E-state index is 0.0567. The number of carbonyl (C=O) groups excluding carboxylic acids is 3. The maximum absolute atomic E-state index is 13.1. The van der Waals surface area contributed by atoms with Crippen LogP contribution >= 0.6 is 0 Å². The number of carboxylic acid groups (broad SMARTS) is 1. The minimum Gasteiger partial charge on any atom is -0.479 e. The van der Waals surface area contributed by atoms with Crippen molar-refractivity contribution in [1.29, 1.82) is 0 Å². The van der Waals surface area contributed by atoms with E-state index in [-0.39, 0.29) is 25.9 Å². The van der Waals surface area contributed by atoms with E-state index in [1.165, 1.54) is 141 Å². The van der Waals surface area contributed by atoms with Gasteiger partial charge in [0.05, 0.1) is 6.61 Å². The number of unbranched alkanes of at least 4 members (excludes halogenated alkanes) is 32. The fourth-order valence-corrected chi connectivity index (χ4v) is 9.56. The Morgan fingerprint density at radius 1 is 0.442 bits per heavy atom. The van der Waals surface area contributed by atoms with E-state index in [0.717, 1.165) is 89.9 Å². The summed E-state index contributed by atoms with van der Waals surface area (Å²) in [4.78, 5) is 51.2. The van der Waals surface area contributed by atoms with Gasteiger partial charge in [0, 0.05) is 19.3 Å². The molecule has 12 nitrogen and oxygen atoms in total. The highest BCUT2D eigenvalue weighted by atomic mass is 16.7. The van der Waals surface area contributed by atoms with Crippen molar-refractivity contribution in [3.8, 4) is 0 Å². The Balaban J connectivity index is 2.65. The lowest BCUT2D eigenvalue weighted by Crippen LogP contribution is -2.61. The predicted octanol–water partition coefficient (Wildman–Crippen LogP) is 16.6. The molecule has 0 radical (unpaired) electrons.